The summed E-state index contributed by atoms with van der Waals surface area (Å²) in [6.07, 6.45) is 7.02. The largest absolute Gasteiger partial charge is 0.497 e. The Morgan fingerprint density at radius 1 is 1.32 bits per heavy atom. The van der Waals surface area contributed by atoms with Crippen molar-refractivity contribution in [2.75, 3.05) is 7.11 Å². The Hall–Kier alpha value is -2.23. The van der Waals surface area contributed by atoms with Crippen LogP contribution in [0.4, 0.5) is 0 Å². The molecule has 2 rings (SSSR count). The average Bonchev–Trinajstić information content (AvgIpc) is 2.49. The molecule has 0 amide bonds. The van der Waals surface area contributed by atoms with Crippen molar-refractivity contribution in [2.45, 2.75) is 19.4 Å². The van der Waals surface area contributed by atoms with Crippen molar-refractivity contribution in [3.63, 3.8) is 0 Å². The lowest BCUT2D eigenvalue weighted by Gasteiger charge is -2.15. The van der Waals surface area contributed by atoms with Crippen LogP contribution < -0.4 is 10.1 Å². The summed E-state index contributed by atoms with van der Waals surface area (Å²) in [6, 6.07) is 9.35. The quantitative estimate of drug-likeness (QED) is 0.846. The first-order valence-corrected chi connectivity index (χ1v) is 6.14. The molecule has 4 nitrogen and oxygen atoms in total. The zero-order chi connectivity index (χ0) is 13.9. The molecule has 102 valence electrons. The van der Waals surface area contributed by atoms with E-state index in [1.807, 2.05) is 18.3 Å². The summed E-state index contributed by atoms with van der Waals surface area (Å²) < 4.78 is 9.58. The topological polar surface area (TPSA) is 47.6 Å². The number of rotatable bonds is 4. The lowest BCUT2D eigenvalue weighted by atomic mass is 10.1. The third-order valence-corrected chi connectivity index (χ3v) is 2.53. The van der Waals surface area contributed by atoms with Crippen LogP contribution >= 0.6 is 0 Å². The minimum Gasteiger partial charge on any atom is -0.497 e. The van der Waals surface area contributed by atoms with Crippen molar-refractivity contribution in [1.29, 1.82) is 0 Å². The molecule has 19 heavy (non-hydrogen) atoms. The third-order valence-electron chi connectivity index (χ3n) is 2.53. The first kappa shape index (κ1) is 14.8. The number of ether oxygens (including phenoxy) is 2. The molecule has 1 aliphatic rings. The molecule has 4 heteroatoms. The van der Waals surface area contributed by atoms with E-state index >= 15 is 0 Å². The zero-order valence-electron chi connectivity index (χ0n) is 11.2. The average molecular weight is 261 g/mol. The second-order valence-electron chi connectivity index (χ2n) is 3.82. The van der Waals surface area contributed by atoms with E-state index in [4.69, 9.17) is 4.74 Å². The van der Waals surface area contributed by atoms with Crippen LogP contribution in [0.3, 0.4) is 0 Å². The second kappa shape index (κ2) is 8.80. The van der Waals surface area contributed by atoms with E-state index in [0.29, 0.717) is 18.3 Å². The van der Waals surface area contributed by atoms with Crippen molar-refractivity contribution in [2.24, 2.45) is 0 Å². The van der Waals surface area contributed by atoms with Crippen molar-refractivity contribution < 1.29 is 14.3 Å². The van der Waals surface area contributed by atoms with Gasteiger partial charge in [-0.3, -0.25) is 4.79 Å². The monoisotopic (exact) mass is 261 g/mol. The fourth-order valence-corrected chi connectivity index (χ4v) is 1.48. The number of allylic oxidation sites excluding steroid dienone is 1. The molecular formula is C15H19NO3. The molecule has 0 saturated heterocycles. The molecule has 0 bridgehead atoms. The van der Waals surface area contributed by atoms with Crippen LogP contribution in [-0.4, -0.2) is 19.6 Å². The molecule has 1 N–H and O–H groups in total. The minimum absolute atomic E-state index is 0.412. The predicted molar refractivity (Wildman–Crippen MR) is 74.6 cm³/mol. The fourth-order valence-electron chi connectivity index (χ4n) is 1.48. The van der Waals surface area contributed by atoms with E-state index in [9.17, 15) is 4.79 Å². The molecule has 0 spiro atoms. The number of benzene rings is 1. The van der Waals surface area contributed by atoms with Crippen molar-refractivity contribution in [3.05, 3.63) is 54.4 Å². The first-order valence-electron chi connectivity index (χ1n) is 6.14. The van der Waals surface area contributed by atoms with Gasteiger partial charge in [0.1, 0.15) is 11.5 Å². The highest BCUT2D eigenvalue weighted by molar-refractivity contribution is 5.44. The standard InChI is InChI=1S/C8H13NO.C7H6O2/c1-3-7-6-8(10-2)4-5-9-7;8-6-9-7-4-2-1-3-5-7/h4-7,9H,3H2,1-2H3;1-6H. The number of hydrogen-bond acceptors (Lipinski definition) is 4. The maximum atomic E-state index is 9.75. The smallest absolute Gasteiger partial charge is 0.298 e. The van der Waals surface area contributed by atoms with E-state index in [0.717, 1.165) is 12.2 Å². The lowest BCUT2D eigenvalue weighted by molar-refractivity contribution is -0.120. The molecule has 0 fully saturated rings. The molecule has 1 aromatic carbocycles. The number of carbonyl (C=O) groups excluding carboxylic acids is 1. The fraction of sp³-hybridized carbons (Fsp3) is 0.267. The van der Waals surface area contributed by atoms with Crippen molar-refractivity contribution in [1.82, 2.24) is 5.32 Å². The van der Waals surface area contributed by atoms with Crippen LogP contribution in [0.25, 0.3) is 0 Å². The Bertz CT molecular complexity index is 426. The van der Waals surface area contributed by atoms with Gasteiger partial charge < -0.3 is 14.8 Å². The van der Waals surface area contributed by atoms with Gasteiger partial charge in [-0.05, 0) is 30.7 Å². The summed E-state index contributed by atoms with van der Waals surface area (Å²) in [4.78, 5) is 9.75. The summed E-state index contributed by atoms with van der Waals surface area (Å²) in [5.74, 6) is 1.53. The van der Waals surface area contributed by atoms with E-state index in [1.54, 1.807) is 31.4 Å². The summed E-state index contributed by atoms with van der Waals surface area (Å²) in [5, 5.41) is 3.20. The Labute approximate surface area is 113 Å². The zero-order valence-corrected chi connectivity index (χ0v) is 11.2. The Kier molecular flexibility index (Phi) is 6.87. The predicted octanol–water partition coefficient (Wildman–Crippen LogP) is 2.63. The Morgan fingerprint density at radius 2 is 2.05 bits per heavy atom. The number of hydrogen-bond donors (Lipinski definition) is 1. The second-order valence-corrected chi connectivity index (χ2v) is 3.82. The van der Waals surface area contributed by atoms with Crippen LogP contribution in [0.5, 0.6) is 5.75 Å². The van der Waals surface area contributed by atoms with Gasteiger partial charge in [0, 0.05) is 12.2 Å². The number of dihydropyridines is 1. The molecule has 1 aliphatic heterocycles. The lowest BCUT2D eigenvalue weighted by Crippen LogP contribution is -2.23. The maximum absolute atomic E-state index is 9.75. The minimum atomic E-state index is 0.412. The van der Waals surface area contributed by atoms with Crippen LogP contribution in [0.1, 0.15) is 13.3 Å². The molecule has 0 saturated carbocycles. The van der Waals surface area contributed by atoms with Crippen molar-refractivity contribution >= 4 is 6.47 Å². The van der Waals surface area contributed by atoms with E-state index in [1.165, 1.54) is 0 Å². The summed E-state index contributed by atoms with van der Waals surface area (Å²) in [6.45, 7) is 2.55. The van der Waals surface area contributed by atoms with Gasteiger partial charge in [0.2, 0.25) is 0 Å². The van der Waals surface area contributed by atoms with Gasteiger partial charge in [-0.15, -0.1) is 0 Å². The highest BCUT2D eigenvalue weighted by atomic mass is 16.5. The number of para-hydroxylation sites is 1. The number of carbonyl (C=O) groups is 1. The van der Waals surface area contributed by atoms with E-state index < -0.39 is 0 Å². The van der Waals surface area contributed by atoms with E-state index in [-0.39, 0.29) is 0 Å². The SMILES string of the molecule is CCC1C=C(OC)C=CN1.O=COc1ccccc1. The van der Waals surface area contributed by atoms with Gasteiger partial charge >= 0.3 is 0 Å². The molecule has 0 aliphatic carbocycles. The van der Waals surface area contributed by atoms with Crippen molar-refractivity contribution in [3.8, 4) is 5.75 Å². The van der Waals surface area contributed by atoms with Crippen LogP contribution in [0.2, 0.25) is 0 Å². The first-order chi connectivity index (χ1) is 9.30. The molecule has 1 atom stereocenters. The summed E-state index contributed by atoms with van der Waals surface area (Å²) in [5.41, 5.74) is 0. The number of methoxy groups -OCH3 is 1. The van der Waals surface area contributed by atoms with Crippen LogP contribution in [0.15, 0.2) is 54.4 Å². The molecule has 1 unspecified atom stereocenters. The van der Waals surface area contributed by atoms with Crippen LogP contribution in [0, 0.1) is 0 Å². The highest BCUT2D eigenvalue weighted by Crippen LogP contribution is 2.07. The number of nitrogens with one attached hydrogen (secondary N) is 1. The van der Waals surface area contributed by atoms with Gasteiger partial charge in [-0.1, -0.05) is 25.1 Å². The summed E-state index contributed by atoms with van der Waals surface area (Å²) >= 11 is 0. The summed E-state index contributed by atoms with van der Waals surface area (Å²) in [7, 11) is 1.69. The van der Waals surface area contributed by atoms with Crippen LogP contribution in [-0.2, 0) is 9.53 Å². The molecule has 1 heterocycles. The normalized spacial score (nSPS) is 16.3. The Balaban J connectivity index is 0.000000191. The Morgan fingerprint density at radius 3 is 2.63 bits per heavy atom. The molecule has 1 aromatic rings. The van der Waals surface area contributed by atoms with E-state index in [2.05, 4.69) is 23.1 Å². The van der Waals surface area contributed by atoms with Gasteiger partial charge in [0.05, 0.1) is 7.11 Å². The van der Waals surface area contributed by atoms with Gasteiger partial charge in [0.15, 0.2) is 0 Å². The maximum Gasteiger partial charge on any atom is 0.298 e. The van der Waals surface area contributed by atoms with Gasteiger partial charge in [-0.25, -0.2) is 0 Å². The van der Waals surface area contributed by atoms with Gasteiger partial charge in [-0.2, -0.15) is 0 Å². The molecule has 0 aromatic heterocycles. The molecular weight excluding hydrogens is 242 g/mol. The van der Waals surface area contributed by atoms with Gasteiger partial charge in [0.25, 0.3) is 6.47 Å². The third kappa shape index (κ3) is 5.77. The highest BCUT2D eigenvalue weighted by Gasteiger charge is 2.04. The molecule has 0 radical (unpaired) electrons.